The summed E-state index contributed by atoms with van der Waals surface area (Å²) in [6.07, 6.45) is 0.937. The number of nitrogens with one attached hydrogen (secondary N) is 1. The van der Waals surface area contributed by atoms with Crippen LogP contribution in [-0.2, 0) is 11.2 Å². The van der Waals surface area contributed by atoms with Crippen LogP contribution < -0.4 is 10.2 Å². The van der Waals surface area contributed by atoms with Gasteiger partial charge in [0.15, 0.2) is 0 Å². The summed E-state index contributed by atoms with van der Waals surface area (Å²) in [5.74, 6) is 0.114. The SMILES string of the molecule is C[C@H](Nc1ccc(Br)cc1)C(=O)N1CCc2ccccc21. The normalized spacial score (nSPS) is 14.7. The Morgan fingerprint density at radius 2 is 1.90 bits per heavy atom. The van der Waals surface area contributed by atoms with Gasteiger partial charge in [-0.25, -0.2) is 0 Å². The molecule has 2 aromatic rings. The van der Waals surface area contributed by atoms with Gasteiger partial charge in [0.1, 0.15) is 6.04 Å². The van der Waals surface area contributed by atoms with Gasteiger partial charge >= 0.3 is 0 Å². The molecule has 2 aromatic carbocycles. The summed E-state index contributed by atoms with van der Waals surface area (Å²) < 4.78 is 1.03. The van der Waals surface area contributed by atoms with Gasteiger partial charge in [-0.3, -0.25) is 4.79 Å². The average Bonchev–Trinajstić information content (AvgIpc) is 2.92. The van der Waals surface area contributed by atoms with Crippen LogP contribution in [0.1, 0.15) is 12.5 Å². The molecule has 0 unspecified atom stereocenters. The Balaban J connectivity index is 1.72. The van der Waals surface area contributed by atoms with Gasteiger partial charge in [0.05, 0.1) is 0 Å². The summed E-state index contributed by atoms with van der Waals surface area (Å²) in [5, 5.41) is 3.26. The molecule has 1 heterocycles. The second kappa shape index (κ2) is 5.90. The van der Waals surface area contributed by atoms with Gasteiger partial charge in [0, 0.05) is 22.4 Å². The van der Waals surface area contributed by atoms with Gasteiger partial charge in [0.25, 0.3) is 0 Å². The number of rotatable bonds is 3. The average molecular weight is 345 g/mol. The summed E-state index contributed by atoms with van der Waals surface area (Å²) in [6.45, 7) is 2.68. The van der Waals surface area contributed by atoms with Crippen LogP contribution in [0.4, 0.5) is 11.4 Å². The fourth-order valence-electron chi connectivity index (χ4n) is 2.66. The predicted molar refractivity (Wildman–Crippen MR) is 89.7 cm³/mol. The Labute approximate surface area is 133 Å². The summed E-state index contributed by atoms with van der Waals surface area (Å²) >= 11 is 3.41. The fourth-order valence-corrected chi connectivity index (χ4v) is 2.92. The highest BCUT2D eigenvalue weighted by Crippen LogP contribution is 2.28. The summed E-state index contributed by atoms with van der Waals surface area (Å²) in [7, 11) is 0. The van der Waals surface area contributed by atoms with Crippen molar-refractivity contribution in [1.29, 1.82) is 0 Å². The first-order chi connectivity index (χ1) is 10.1. The smallest absolute Gasteiger partial charge is 0.249 e. The van der Waals surface area contributed by atoms with E-state index >= 15 is 0 Å². The third-order valence-corrected chi connectivity index (χ3v) is 4.28. The van der Waals surface area contributed by atoms with Gasteiger partial charge < -0.3 is 10.2 Å². The maximum atomic E-state index is 12.6. The first-order valence-corrected chi connectivity index (χ1v) is 7.86. The van der Waals surface area contributed by atoms with Gasteiger partial charge in [-0.2, -0.15) is 0 Å². The zero-order chi connectivity index (χ0) is 14.8. The van der Waals surface area contributed by atoms with Crippen LogP contribution in [0.5, 0.6) is 0 Å². The molecule has 0 aromatic heterocycles. The minimum atomic E-state index is -0.252. The highest BCUT2D eigenvalue weighted by Gasteiger charge is 2.27. The Hall–Kier alpha value is -1.81. The van der Waals surface area contributed by atoms with Gasteiger partial charge in [-0.15, -0.1) is 0 Å². The molecule has 0 spiro atoms. The number of carbonyl (C=O) groups is 1. The number of fused-ring (bicyclic) bond motifs is 1. The maximum Gasteiger partial charge on any atom is 0.249 e. The number of amides is 1. The van der Waals surface area contributed by atoms with Crippen LogP contribution in [0, 0.1) is 0 Å². The minimum absolute atomic E-state index is 0.114. The Morgan fingerprint density at radius 1 is 1.19 bits per heavy atom. The first kappa shape index (κ1) is 14.1. The zero-order valence-electron chi connectivity index (χ0n) is 11.8. The number of carbonyl (C=O) groups excluding carboxylic acids is 1. The molecule has 1 atom stereocenters. The molecule has 0 aliphatic carbocycles. The van der Waals surface area contributed by atoms with Crippen LogP contribution in [0.25, 0.3) is 0 Å². The Morgan fingerprint density at radius 3 is 2.67 bits per heavy atom. The quantitative estimate of drug-likeness (QED) is 0.917. The molecule has 21 heavy (non-hydrogen) atoms. The van der Waals surface area contributed by atoms with E-state index in [0.29, 0.717) is 0 Å². The molecule has 3 rings (SSSR count). The van der Waals surface area contributed by atoms with Crippen molar-refractivity contribution in [2.75, 3.05) is 16.8 Å². The molecule has 1 amide bonds. The second-order valence-electron chi connectivity index (χ2n) is 5.24. The largest absolute Gasteiger partial charge is 0.374 e. The Kier molecular flexibility index (Phi) is 3.97. The van der Waals surface area contributed by atoms with Crippen molar-refractivity contribution in [2.45, 2.75) is 19.4 Å². The first-order valence-electron chi connectivity index (χ1n) is 7.06. The molecule has 0 radical (unpaired) electrons. The van der Waals surface area contributed by atoms with E-state index in [0.717, 1.165) is 28.8 Å². The van der Waals surface area contributed by atoms with E-state index < -0.39 is 0 Å². The van der Waals surface area contributed by atoms with Crippen LogP contribution in [0.3, 0.4) is 0 Å². The molecule has 4 heteroatoms. The number of para-hydroxylation sites is 1. The summed E-state index contributed by atoms with van der Waals surface area (Å²) in [4.78, 5) is 14.5. The topological polar surface area (TPSA) is 32.3 Å². The lowest BCUT2D eigenvalue weighted by atomic mass is 10.2. The van der Waals surface area contributed by atoms with Crippen LogP contribution in [0.2, 0.25) is 0 Å². The molecule has 0 bridgehead atoms. The highest BCUT2D eigenvalue weighted by atomic mass is 79.9. The third-order valence-electron chi connectivity index (χ3n) is 3.75. The summed E-state index contributed by atoms with van der Waals surface area (Å²) in [5.41, 5.74) is 3.25. The van der Waals surface area contributed by atoms with Crippen molar-refractivity contribution in [3.05, 3.63) is 58.6 Å². The van der Waals surface area contributed by atoms with E-state index in [1.54, 1.807) is 0 Å². The van der Waals surface area contributed by atoms with Crippen LogP contribution in [0.15, 0.2) is 53.0 Å². The fraction of sp³-hybridized carbons (Fsp3) is 0.235. The minimum Gasteiger partial charge on any atom is -0.374 e. The molecular formula is C17H17BrN2O. The van der Waals surface area contributed by atoms with E-state index in [9.17, 15) is 4.79 Å². The molecule has 0 saturated heterocycles. The second-order valence-corrected chi connectivity index (χ2v) is 6.16. The van der Waals surface area contributed by atoms with Crippen molar-refractivity contribution < 1.29 is 4.79 Å². The van der Waals surface area contributed by atoms with Crippen LogP contribution >= 0.6 is 15.9 Å². The lowest BCUT2D eigenvalue weighted by Crippen LogP contribution is -2.40. The Bertz CT molecular complexity index is 654. The van der Waals surface area contributed by atoms with E-state index in [-0.39, 0.29) is 11.9 Å². The number of anilines is 2. The predicted octanol–water partition coefficient (Wildman–Crippen LogP) is 3.84. The molecular weight excluding hydrogens is 328 g/mol. The van der Waals surface area contributed by atoms with Crippen molar-refractivity contribution in [3.8, 4) is 0 Å². The van der Waals surface area contributed by atoms with E-state index in [1.807, 2.05) is 54.3 Å². The van der Waals surface area contributed by atoms with Crippen molar-refractivity contribution in [2.24, 2.45) is 0 Å². The molecule has 3 nitrogen and oxygen atoms in total. The number of halogens is 1. The molecule has 108 valence electrons. The van der Waals surface area contributed by atoms with Crippen LogP contribution in [-0.4, -0.2) is 18.5 Å². The number of benzene rings is 2. The van der Waals surface area contributed by atoms with E-state index in [4.69, 9.17) is 0 Å². The lowest BCUT2D eigenvalue weighted by molar-refractivity contribution is -0.118. The molecule has 1 aliphatic rings. The van der Waals surface area contributed by atoms with Gasteiger partial charge in [0.2, 0.25) is 5.91 Å². The molecule has 0 saturated carbocycles. The van der Waals surface area contributed by atoms with Gasteiger partial charge in [-0.05, 0) is 49.2 Å². The number of hydrogen-bond acceptors (Lipinski definition) is 2. The van der Waals surface area contributed by atoms with Gasteiger partial charge in [-0.1, -0.05) is 34.1 Å². The van der Waals surface area contributed by atoms with E-state index in [1.165, 1.54) is 5.56 Å². The third kappa shape index (κ3) is 2.95. The molecule has 1 aliphatic heterocycles. The number of hydrogen-bond donors (Lipinski definition) is 1. The molecule has 0 fully saturated rings. The van der Waals surface area contributed by atoms with Crippen molar-refractivity contribution in [3.63, 3.8) is 0 Å². The molecule has 1 N–H and O–H groups in total. The zero-order valence-corrected chi connectivity index (χ0v) is 13.4. The summed E-state index contributed by atoms with van der Waals surface area (Å²) in [6, 6.07) is 15.7. The number of nitrogens with zero attached hydrogens (tertiary/aromatic N) is 1. The lowest BCUT2D eigenvalue weighted by Gasteiger charge is -2.23. The standard InChI is InChI=1S/C17H17BrN2O/c1-12(19-15-8-6-14(18)7-9-15)17(21)20-11-10-13-4-2-3-5-16(13)20/h2-9,12,19H,10-11H2,1H3/t12-/m0/s1. The maximum absolute atomic E-state index is 12.6. The van der Waals surface area contributed by atoms with Crippen molar-refractivity contribution >= 4 is 33.2 Å². The highest BCUT2D eigenvalue weighted by molar-refractivity contribution is 9.10. The monoisotopic (exact) mass is 344 g/mol. The van der Waals surface area contributed by atoms with Crippen molar-refractivity contribution in [1.82, 2.24) is 0 Å². The van der Waals surface area contributed by atoms with E-state index in [2.05, 4.69) is 27.3 Å².